The van der Waals surface area contributed by atoms with Crippen LogP contribution in [0.15, 0.2) is 35.5 Å². The fourth-order valence-electron chi connectivity index (χ4n) is 3.70. The van der Waals surface area contributed by atoms with E-state index in [1.807, 2.05) is 0 Å². The number of H-pyrrole nitrogens is 1. The maximum atomic E-state index is 12.7. The predicted octanol–water partition coefficient (Wildman–Crippen LogP) is 1.07. The molecule has 2 aromatic rings. The second-order valence-corrected chi connectivity index (χ2v) is 7.57. The quantitative estimate of drug-likeness (QED) is 0.598. The van der Waals surface area contributed by atoms with Crippen molar-refractivity contribution in [2.45, 2.75) is 37.1 Å². The Kier molecular flexibility index (Phi) is 7.26. The first-order valence-corrected chi connectivity index (χ1v) is 9.90. The molecule has 4 rings (SSSR count). The number of aromatic nitrogens is 4. The Morgan fingerprint density at radius 1 is 1.30 bits per heavy atom. The summed E-state index contributed by atoms with van der Waals surface area (Å²) in [6.45, 7) is 1.74. The summed E-state index contributed by atoms with van der Waals surface area (Å²) in [5, 5.41) is 16.6. The lowest BCUT2D eigenvalue weighted by molar-refractivity contribution is -0.192. The lowest BCUT2D eigenvalue weighted by atomic mass is 9.88. The number of rotatable bonds is 3. The molecule has 2 aliphatic rings. The molecule has 0 saturated carbocycles. The van der Waals surface area contributed by atoms with Gasteiger partial charge in [-0.25, -0.2) is 14.9 Å². The van der Waals surface area contributed by atoms with Crippen molar-refractivity contribution in [3.63, 3.8) is 0 Å². The highest BCUT2D eigenvalue weighted by Gasteiger charge is 2.45. The summed E-state index contributed by atoms with van der Waals surface area (Å²) in [6.07, 6.45) is 2.46. The van der Waals surface area contributed by atoms with Crippen LogP contribution < -0.4 is 10.9 Å². The molecule has 0 bridgehead atoms. The zero-order valence-corrected chi connectivity index (χ0v) is 17.2. The third-order valence-electron chi connectivity index (χ3n) is 5.09. The Hall–Kier alpha value is -3.55. The second kappa shape index (κ2) is 9.94. The average molecular weight is 470 g/mol. The third kappa shape index (κ3) is 6.47. The van der Waals surface area contributed by atoms with Gasteiger partial charge in [0.15, 0.2) is 0 Å². The zero-order chi connectivity index (χ0) is 24.1. The number of likely N-dealkylation sites (tertiary alicyclic amines) is 1. The number of carboxylic acid groups (broad SMARTS) is 1. The standard InChI is InChI=1S/C17H20N6O3.C2HF3O2/c24-15-3-2-13(21-22-15)16(25)23-7-1-4-17(11-23)8-12(10-26-17)20-14-9-18-5-6-19-14;3-2(4,5)1(6)7/h2-3,5-6,9,12H,1,4,7-8,10-11H2,(H,19,20)(H,22,24);(H,6,7). The van der Waals surface area contributed by atoms with Gasteiger partial charge in [0.05, 0.1) is 31.0 Å². The first-order valence-electron chi connectivity index (χ1n) is 9.90. The van der Waals surface area contributed by atoms with E-state index in [9.17, 15) is 22.8 Å². The van der Waals surface area contributed by atoms with Crippen LogP contribution >= 0.6 is 0 Å². The Bertz CT molecular complexity index is 1010. The van der Waals surface area contributed by atoms with Gasteiger partial charge in [-0.3, -0.25) is 14.6 Å². The van der Waals surface area contributed by atoms with Gasteiger partial charge in [0.25, 0.3) is 11.5 Å². The molecule has 2 fully saturated rings. The van der Waals surface area contributed by atoms with Crippen LogP contribution in [0.5, 0.6) is 0 Å². The first-order chi connectivity index (χ1) is 15.6. The summed E-state index contributed by atoms with van der Waals surface area (Å²) >= 11 is 0. The van der Waals surface area contributed by atoms with Crippen LogP contribution in [0, 0.1) is 0 Å². The average Bonchev–Trinajstić information content (AvgIpc) is 3.15. The maximum Gasteiger partial charge on any atom is 0.490 e. The van der Waals surface area contributed by atoms with Gasteiger partial charge in [-0.1, -0.05) is 0 Å². The predicted molar refractivity (Wildman–Crippen MR) is 106 cm³/mol. The fourth-order valence-corrected chi connectivity index (χ4v) is 3.70. The molecular weight excluding hydrogens is 449 g/mol. The Balaban J connectivity index is 0.000000383. The third-order valence-corrected chi connectivity index (χ3v) is 5.09. The Labute approximate surface area is 185 Å². The van der Waals surface area contributed by atoms with Crippen LogP contribution in [0.4, 0.5) is 19.0 Å². The summed E-state index contributed by atoms with van der Waals surface area (Å²) < 4.78 is 37.9. The highest BCUT2D eigenvalue weighted by atomic mass is 19.4. The van der Waals surface area contributed by atoms with Gasteiger partial charge in [-0.2, -0.15) is 18.3 Å². The molecule has 0 aliphatic carbocycles. The van der Waals surface area contributed by atoms with E-state index < -0.39 is 12.1 Å². The molecule has 2 aliphatic heterocycles. The van der Waals surface area contributed by atoms with Crippen molar-refractivity contribution in [3.8, 4) is 0 Å². The number of hydrogen-bond acceptors (Lipinski definition) is 8. The summed E-state index contributed by atoms with van der Waals surface area (Å²) in [7, 11) is 0. The van der Waals surface area contributed by atoms with Crippen molar-refractivity contribution >= 4 is 17.7 Å². The van der Waals surface area contributed by atoms with Crippen molar-refractivity contribution in [1.82, 2.24) is 25.1 Å². The van der Waals surface area contributed by atoms with Gasteiger partial charge in [0.2, 0.25) is 0 Å². The van der Waals surface area contributed by atoms with Crippen LogP contribution in [-0.2, 0) is 9.53 Å². The molecule has 2 atom stereocenters. The first kappa shape index (κ1) is 24.1. The topological polar surface area (TPSA) is 150 Å². The minimum Gasteiger partial charge on any atom is -0.475 e. The smallest absolute Gasteiger partial charge is 0.475 e. The van der Waals surface area contributed by atoms with Gasteiger partial charge in [-0.05, 0) is 18.9 Å². The fraction of sp³-hybridized carbons (Fsp3) is 0.474. The SMILES string of the molecule is O=C(O)C(F)(F)F.O=C(c1ccc(=O)[nH]n1)N1CCCC2(CC(Nc3cnccn3)CO2)C1. The van der Waals surface area contributed by atoms with E-state index in [2.05, 4.69) is 25.5 Å². The van der Waals surface area contributed by atoms with E-state index in [-0.39, 0.29) is 28.8 Å². The van der Waals surface area contributed by atoms with Crippen molar-refractivity contribution in [3.05, 3.63) is 46.8 Å². The van der Waals surface area contributed by atoms with Gasteiger partial charge in [-0.15, -0.1) is 0 Å². The molecule has 33 heavy (non-hydrogen) atoms. The van der Waals surface area contributed by atoms with E-state index in [1.165, 1.54) is 12.1 Å². The molecule has 14 heteroatoms. The summed E-state index contributed by atoms with van der Waals surface area (Å²) in [4.78, 5) is 42.8. The molecule has 3 N–H and O–H groups in total. The monoisotopic (exact) mass is 470 g/mol. The number of anilines is 1. The van der Waals surface area contributed by atoms with Crippen molar-refractivity contribution < 1.29 is 32.6 Å². The summed E-state index contributed by atoms with van der Waals surface area (Å²) in [5.41, 5.74) is -0.432. The van der Waals surface area contributed by atoms with Crippen molar-refractivity contribution in [2.24, 2.45) is 0 Å². The largest absolute Gasteiger partial charge is 0.490 e. The number of amides is 1. The van der Waals surface area contributed by atoms with E-state index >= 15 is 0 Å². The molecular formula is C19H21F3N6O5. The van der Waals surface area contributed by atoms with Crippen LogP contribution in [-0.4, -0.2) is 79.6 Å². The number of carbonyl (C=O) groups excluding carboxylic acids is 1. The number of piperidine rings is 1. The van der Waals surface area contributed by atoms with E-state index in [0.29, 0.717) is 19.7 Å². The molecule has 1 spiro atoms. The van der Waals surface area contributed by atoms with Crippen molar-refractivity contribution in [1.29, 1.82) is 0 Å². The minimum absolute atomic E-state index is 0.132. The normalized spacial score (nSPS) is 22.4. The molecule has 0 aromatic carbocycles. The number of ether oxygens (including phenoxy) is 1. The molecule has 2 saturated heterocycles. The molecule has 178 valence electrons. The number of aliphatic carboxylic acids is 1. The zero-order valence-electron chi connectivity index (χ0n) is 17.2. The molecule has 2 aromatic heterocycles. The van der Waals surface area contributed by atoms with E-state index in [0.717, 1.165) is 25.1 Å². The van der Waals surface area contributed by atoms with Crippen LogP contribution in [0.1, 0.15) is 29.8 Å². The van der Waals surface area contributed by atoms with Crippen LogP contribution in [0.25, 0.3) is 0 Å². The number of hydrogen-bond donors (Lipinski definition) is 3. The number of halogens is 3. The number of carbonyl (C=O) groups is 2. The number of nitrogens with zero attached hydrogens (tertiary/aromatic N) is 4. The minimum atomic E-state index is -5.08. The Morgan fingerprint density at radius 3 is 2.67 bits per heavy atom. The van der Waals surface area contributed by atoms with Crippen LogP contribution in [0.2, 0.25) is 0 Å². The summed E-state index contributed by atoms with van der Waals surface area (Å²) in [5.74, 6) is -2.22. The Morgan fingerprint density at radius 2 is 2.06 bits per heavy atom. The molecule has 1 amide bonds. The number of aromatic amines is 1. The van der Waals surface area contributed by atoms with Crippen LogP contribution in [0.3, 0.4) is 0 Å². The number of carboxylic acids is 1. The number of alkyl halides is 3. The summed E-state index contributed by atoms with van der Waals surface area (Å²) in [6, 6.07) is 2.90. The van der Waals surface area contributed by atoms with Gasteiger partial charge < -0.3 is 20.1 Å². The number of nitrogens with one attached hydrogen (secondary N) is 2. The van der Waals surface area contributed by atoms with Gasteiger partial charge in [0.1, 0.15) is 11.5 Å². The lowest BCUT2D eigenvalue weighted by Crippen LogP contribution is -2.50. The highest BCUT2D eigenvalue weighted by Crippen LogP contribution is 2.35. The van der Waals surface area contributed by atoms with E-state index in [1.54, 1.807) is 23.5 Å². The second-order valence-electron chi connectivity index (χ2n) is 7.57. The molecule has 4 heterocycles. The highest BCUT2D eigenvalue weighted by molar-refractivity contribution is 5.92. The molecule has 0 radical (unpaired) electrons. The lowest BCUT2D eigenvalue weighted by Gasteiger charge is -2.39. The molecule has 2 unspecified atom stereocenters. The van der Waals surface area contributed by atoms with Gasteiger partial charge in [0, 0.05) is 31.4 Å². The van der Waals surface area contributed by atoms with Gasteiger partial charge >= 0.3 is 12.1 Å². The molecule has 11 nitrogen and oxygen atoms in total. The van der Waals surface area contributed by atoms with Crippen molar-refractivity contribution in [2.75, 3.05) is 25.0 Å². The maximum absolute atomic E-state index is 12.7. The van der Waals surface area contributed by atoms with E-state index in [4.69, 9.17) is 14.6 Å².